The Morgan fingerprint density at radius 2 is 1.71 bits per heavy atom. The highest BCUT2D eigenvalue weighted by Gasteiger charge is 2.09. The van der Waals surface area contributed by atoms with E-state index in [9.17, 15) is 0 Å². The summed E-state index contributed by atoms with van der Waals surface area (Å²) < 4.78 is 0. The minimum atomic E-state index is 1.08. The lowest BCUT2D eigenvalue weighted by Gasteiger charge is -2.11. The van der Waals surface area contributed by atoms with Gasteiger partial charge in [0.2, 0.25) is 0 Å². The first-order valence-corrected chi connectivity index (χ1v) is 7.86. The summed E-state index contributed by atoms with van der Waals surface area (Å²) in [6.45, 7) is 2.14. The molecule has 0 spiro atoms. The number of rotatable bonds is 3. The van der Waals surface area contributed by atoms with Gasteiger partial charge in [-0.2, -0.15) is 0 Å². The van der Waals surface area contributed by atoms with E-state index >= 15 is 0 Å². The first-order valence-electron chi connectivity index (χ1n) is 5.41. The van der Waals surface area contributed by atoms with Crippen LogP contribution in [0.2, 0.25) is 0 Å². The number of hydrogen-bond acceptors (Lipinski definition) is 3. The zero-order chi connectivity index (χ0) is 12.3. The van der Waals surface area contributed by atoms with Crippen LogP contribution in [0.15, 0.2) is 46.5 Å². The molecule has 0 unspecified atom stereocenters. The lowest BCUT2D eigenvalue weighted by molar-refractivity contribution is 0.982. The molecular weight excluding hydrogens is 246 g/mol. The topological polar surface area (TPSA) is 12.9 Å². The van der Waals surface area contributed by atoms with Crippen LogP contribution in [-0.4, -0.2) is 17.5 Å². The van der Waals surface area contributed by atoms with Gasteiger partial charge in [-0.05, 0) is 42.2 Å². The molecule has 0 fully saturated rings. The molecule has 0 N–H and O–H groups in total. The normalized spacial score (nSPS) is 10.5. The third-order valence-corrected chi connectivity index (χ3v) is 4.10. The predicted octanol–water partition coefficient (Wildman–Crippen LogP) is 4.50. The van der Waals surface area contributed by atoms with E-state index in [-0.39, 0.29) is 0 Å². The number of thioether (sulfide) groups is 2. The smallest absolute Gasteiger partial charge is 0.101 e. The van der Waals surface area contributed by atoms with E-state index < -0.39 is 0 Å². The van der Waals surface area contributed by atoms with Crippen LogP contribution < -0.4 is 0 Å². The van der Waals surface area contributed by atoms with Crippen molar-refractivity contribution in [1.82, 2.24) is 4.98 Å². The minimum absolute atomic E-state index is 1.08. The van der Waals surface area contributed by atoms with E-state index in [1.54, 1.807) is 23.5 Å². The maximum atomic E-state index is 4.62. The van der Waals surface area contributed by atoms with E-state index in [0.717, 1.165) is 10.1 Å². The quantitative estimate of drug-likeness (QED) is 0.755. The van der Waals surface area contributed by atoms with Crippen molar-refractivity contribution in [2.75, 3.05) is 12.5 Å². The van der Waals surface area contributed by atoms with Crippen LogP contribution >= 0.6 is 23.5 Å². The van der Waals surface area contributed by atoms with Crippen molar-refractivity contribution in [3.63, 3.8) is 0 Å². The van der Waals surface area contributed by atoms with E-state index in [1.807, 2.05) is 6.07 Å². The number of nitrogens with zero attached hydrogens (tertiary/aromatic N) is 1. The standard InChI is InChI=1S/C14H15NS2/c1-10-12(11-7-5-4-6-8-11)9-13(16-2)15-14(10)17-3/h4-9H,1-3H3. The van der Waals surface area contributed by atoms with Crippen molar-refractivity contribution in [2.45, 2.75) is 17.0 Å². The first kappa shape index (κ1) is 12.5. The van der Waals surface area contributed by atoms with E-state index in [4.69, 9.17) is 0 Å². The summed E-state index contributed by atoms with van der Waals surface area (Å²) in [6.07, 6.45) is 4.14. The van der Waals surface area contributed by atoms with Crippen molar-refractivity contribution in [3.8, 4) is 11.1 Å². The van der Waals surface area contributed by atoms with Gasteiger partial charge in [-0.25, -0.2) is 4.98 Å². The van der Waals surface area contributed by atoms with Gasteiger partial charge in [0.15, 0.2) is 0 Å². The Kier molecular flexibility index (Phi) is 4.13. The first-order chi connectivity index (χ1) is 8.26. The predicted molar refractivity (Wildman–Crippen MR) is 78.0 cm³/mol. The monoisotopic (exact) mass is 261 g/mol. The molecule has 0 saturated heterocycles. The Balaban J connectivity index is 2.60. The van der Waals surface area contributed by atoms with E-state index in [1.165, 1.54) is 16.7 Å². The van der Waals surface area contributed by atoms with Gasteiger partial charge in [0.1, 0.15) is 5.03 Å². The summed E-state index contributed by atoms with van der Waals surface area (Å²) >= 11 is 3.40. The van der Waals surface area contributed by atoms with Crippen LogP contribution in [0.5, 0.6) is 0 Å². The van der Waals surface area contributed by atoms with E-state index in [2.05, 4.69) is 54.8 Å². The maximum Gasteiger partial charge on any atom is 0.101 e. The van der Waals surface area contributed by atoms with Gasteiger partial charge in [-0.15, -0.1) is 23.5 Å². The molecule has 0 amide bonds. The average molecular weight is 261 g/mol. The minimum Gasteiger partial charge on any atom is -0.235 e. The Bertz CT molecular complexity index is 509. The van der Waals surface area contributed by atoms with Crippen molar-refractivity contribution < 1.29 is 0 Å². The number of hydrogen-bond donors (Lipinski definition) is 0. The number of aromatic nitrogens is 1. The summed E-state index contributed by atoms with van der Waals surface area (Å²) in [7, 11) is 0. The molecule has 1 nitrogen and oxygen atoms in total. The molecule has 1 aromatic carbocycles. The summed E-state index contributed by atoms with van der Waals surface area (Å²) in [6, 6.07) is 12.7. The van der Waals surface area contributed by atoms with Gasteiger partial charge >= 0.3 is 0 Å². The SMILES string of the molecule is CSc1cc(-c2ccccc2)c(C)c(SC)n1. The highest BCUT2D eigenvalue weighted by atomic mass is 32.2. The van der Waals surface area contributed by atoms with Gasteiger partial charge in [0, 0.05) is 0 Å². The highest BCUT2D eigenvalue weighted by molar-refractivity contribution is 7.99. The molecule has 0 aliphatic rings. The van der Waals surface area contributed by atoms with Crippen molar-refractivity contribution in [2.24, 2.45) is 0 Å². The van der Waals surface area contributed by atoms with Crippen molar-refractivity contribution >= 4 is 23.5 Å². The van der Waals surface area contributed by atoms with E-state index in [0.29, 0.717) is 0 Å². The van der Waals surface area contributed by atoms with Gasteiger partial charge < -0.3 is 0 Å². The molecule has 0 radical (unpaired) electrons. The fourth-order valence-electron chi connectivity index (χ4n) is 1.78. The average Bonchev–Trinajstić information content (AvgIpc) is 2.40. The van der Waals surface area contributed by atoms with Crippen LogP contribution in [0, 0.1) is 6.92 Å². The molecule has 0 atom stereocenters. The molecular formula is C14H15NS2. The maximum absolute atomic E-state index is 4.62. The fourth-order valence-corrected chi connectivity index (χ4v) is 2.87. The summed E-state index contributed by atoms with van der Waals surface area (Å²) in [5, 5.41) is 2.20. The van der Waals surface area contributed by atoms with Gasteiger partial charge in [-0.1, -0.05) is 30.3 Å². The summed E-state index contributed by atoms with van der Waals surface area (Å²) in [5.41, 5.74) is 3.81. The molecule has 0 saturated carbocycles. The van der Waals surface area contributed by atoms with Crippen molar-refractivity contribution in [3.05, 3.63) is 42.0 Å². The third kappa shape index (κ3) is 2.67. The lowest BCUT2D eigenvalue weighted by Crippen LogP contribution is -1.92. The fraction of sp³-hybridized carbons (Fsp3) is 0.214. The molecule has 0 bridgehead atoms. The van der Waals surface area contributed by atoms with Crippen LogP contribution in [0.25, 0.3) is 11.1 Å². The Morgan fingerprint density at radius 1 is 1.00 bits per heavy atom. The van der Waals surface area contributed by atoms with Gasteiger partial charge in [0.05, 0.1) is 5.03 Å². The molecule has 1 heterocycles. The zero-order valence-corrected chi connectivity index (χ0v) is 11.9. The molecule has 88 valence electrons. The third-order valence-electron chi connectivity index (χ3n) is 2.69. The molecule has 3 heteroatoms. The summed E-state index contributed by atoms with van der Waals surface area (Å²) in [5.74, 6) is 0. The molecule has 2 rings (SSSR count). The van der Waals surface area contributed by atoms with Gasteiger partial charge in [0.25, 0.3) is 0 Å². The second-order valence-corrected chi connectivity index (χ2v) is 5.33. The summed E-state index contributed by atoms with van der Waals surface area (Å²) in [4.78, 5) is 4.62. The van der Waals surface area contributed by atoms with Gasteiger partial charge in [-0.3, -0.25) is 0 Å². The van der Waals surface area contributed by atoms with Crippen LogP contribution in [0.4, 0.5) is 0 Å². The zero-order valence-electron chi connectivity index (χ0n) is 10.2. The molecule has 2 aromatic rings. The molecule has 0 aliphatic carbocycles. The molecule has 17 heavy (non-hydrogen) atoms. The van der Waals surface area contributed by atoms with Crippen molar-refractivity contribution in [1.29, 1.82) is 0 Å². The Labute approximate surface area is 111 Å². The number of benzene rings is 1. The Hall–Kier alpha value is -0.930. The van der Waals surface area contributed by atoms with Crippen LogP contribution in [0.3, 0.4) is 0 Å². The van der Waals surface area contributed by atoms with Crippen LogP contribution in [-0.2, 0) is 0 Å². The second-order valence-electron chi connectivity index (χ2n) is 3.71. The number of pyridine rings is 1. The second kappa shape index (κ2) is 5.61. The highest BCUT2D eigenvalue weighted by Crippen LogP contribution is 2.31. The van der Waals surface area contributed by atoms with Crippen LogP contribution in [0.1, 0.15) is 5.56 Å². The Morgan fingerprint density at radius 3 is 2.29 bits per heavy atom. The lowest BCUT2D eigenvalue weighted by atomic mass is 10.0. The largest absolute Gasteiger partial charge is 0.235 e. The molecule has 1 aromatic heterocycles. The molecule has 0 aliphatic heterocycles.